The van der Waals surface area contributed by atoms with Crippen LogP contribution < -0.4 is 14.7 Å². The second-order valence-electron chi connectivity index (χ2n) is 21.5. The van der Waals surface area contributed by atoms with Crippen LogP contribution in [0.3, 0.4) is 0 Å². The molecule has 0 N–H and O–H groups in total. The highest BCUT2D eigenvalue weighted by atomic mass is 15.4. The van der Waals surface area contributed by atoms with Gasteiger partial charge in [0.2, 0.25) is 0 Å². The lowest BCUT2D eigenvalue weighted by Crippen LogP contribution is -2.53. The fourth-order valence-corrected chi connectivity index (χ4v) is 9.55. The van der Waals surface area contributed by atoms with E-state index in [0.29, 0.717) is 17.5 Å². The van der Waals surface area contributed by atoms with E-state index >= 15 is 0 Å². The number of hydrogen-bond acceptors (Lipinski definition) is 11. The SMILES string of the molecule is CC1(C)N=C(c2cccc(-c3nc(-c4cncc(C5=NC(C)(C)C(C)(C)N5c5ccccc5)c4)nc(-c4cncc(C5=NC(C)(C)C(C)(C)N5c5ccccc5)c4)n3)c2)N(c2ccccc2)C1(C)C. The van der Waals surface area contributed by atoms with Gasteiger partial charge in [-0.3, -0.25) is 24.9 Å². The van der Waals surface area contributed by atoms with Crippen LogP contribution in [0.25, 0.3) is 34.2 Å². The zero-order chi connectivity index (χ0) is 48.7. The summed E-state index contributed by atoms with van der Waals surface area (Å²) in [5, 5.41) is 0. The number of aliphatic imine (C=N–C) groups is 3. The summed E-state index contributed by atoms with van der Waals surface area (Å²) in [6.07, 6.45) is 7.40. The lowest BCUT2D eigenvalue weighted by Gasteiger charge is -2.41. The second-order valence-corrected chi connectivity index (χ2v) is 21.5. The first kappa shape index (κ1) is 45.4. The van der Waals surface area contributed by atoms with E-state index in [-0.39, 0.29) is 22.2 Å². The molecule has 11 nitrogen and oxygen atoms in total. The molecule has 348 valence electrons. The standard InChI is InChI=1S/C58H61N11/c1-53(2)56(7,8)67(44-25-16-13-17-26-44)50(64-53)39-24-22-23-38(31-39)47-61-48(40-32-42(36-59-34-40)51-65-54(3,4)57(9,10)68(51)45-27-18-14-19-28-45)63-49(62-47)41-33-43(37-60-35-41)52-66-55(5,6)58(11,12)69(52)46-29-20-15-21-30-46/h13-37H,1-12H3. The minimum atomic E-state index is -0.404. The van der Waals surface area contributed by atoms with Gasteiger partial charge in [-0.15, -0.1) is 0 Å². The van der Waals surface area contributed by atoms with Gasteiger partial charge in [-0.05, 0) is 138 Å². The molecule has 10 rings (SSSR count). The summed E-state index contributed by atoms with van der Waals surface area (Å²) >= 11 is 0. The predicted octanol–water partition coefficient (Wildman–Crippen LogP) is 12.1. The minimum absolute atomic E-state index is 0.322. The summed E-state index contributed by atoms with van der Waals surface area (Å²) in [5.41, 5.74) is 5.96. The number of rotatable bonds is 9. The number of benzene rings is 4. The van der Waals surface area contributed by atoms with Crippen molar-refractivity contribution >= 4 is 34.6 Å². The topological polar surface area (TPSA) is 111 Å². The van der Waals surface area contributed by atoms with Crippen LogP contribution in [0.5, 0.6) is 0 Å². The molecule has 3 aromatic heterocycles. The van der Waals surface area contributed by atoms with Crippen molar-refractivity contribution in [2.45, 2.75) is 116 Å². The molecule has 0 bridgehead atoms. The van der Waals surface area contributed by atoms with Gasteiger partial charge >= 0.3 is 0 Å². The average molecular weight is 912 g/mol. The first-order valence-electron chi connectivity index (χ1n) is 23.8. The largest absolute Gasteiger partial charge is 0.318 e. The molecule has 6 heterocycles. The number of aromatic nitrogens is 5. The molecule has 0 unspecified atom stereocenters. The lowest BCUT2D eigenvalue weighted by molar-refractivity contribution is 0.338. The summed E-state index contributed by atoms with van der Waals surface area (Å²) < 4.78 is 0. The molecule has 0 amide bonds. The molecular weight excluding hydrogens is 851 g/mol. The first-order valence-corrected chi connectivity index (χ1v) is 23.8. The van der Waals surface area contributed by atoms with Crippen LogP contribution in [0.1, 0.15) is 99.8 Å². The fourth-order valence-electron chi connectivity index (χ4n) is 9.55. The Morgan fingerprint density at radius 1 is 0.304 bits per heavy atom. The Kier molecular flexibility index (Phi) is 10.6. The highest BCUT2D eigenvalue weighted by Crippen LogP contribution is 2.45. The maximum Gasteiger partial charge on any atom is 0.165 e. The summed E-state index contributed by atoms with van der Waals surface area (Å²) in [4.78, 5) is 48.6. The molecule has 0 radical (unpaired) electrons. The monoisotopic (exact) mass is 912 g/mol. The van der Waals surface area contributed by atoms with Gasteiger partial charge < -0.3 is 14.7 Å². The number of para-hydroxylation sites is 3. The van der Waals surface area contributed by atoms with Crippen molar-refractivity contribution in [2.75, 3.05) is 14.7 Å². The van der Waals surface area contributed by atoms with Gasteiger partial charge in [-0.1, -0.05) is 72.8 Å². The van der Waals surface area contributed by atoms with Crippen LogP contribution in [0.15, 0.2) is 167 Å². The van der Waals surface area contributed by atoms with Gasteiger partial charge in [-0.2, -0.15) is 0 Å². The maximum absolute atomic E-state index is 5.40. The quantitative estimate of drug-likeness (QED) is 0.141. The van der Waals surface area contributed by atoms with Gasteiger partial charge in [0.15, 0.2) is 17.5 Å². The van der Waals surface area contributed by atoms with Crippen LogP contribution in [0.2, 0.25) is 0 Å². The fraction of sp³-hybridized carbons (Fsp3) is 0.310. The summed E-state index contributed by atoms with van der Waals surface area (Å²) in [6.45, 7) is 26.6. The molecule has 3 aliphatic heterocycles. The van der Waals surface area contributed by atoms with Crippen molar-refractivity contribution in [3.63, 3.8) is 0 Å². The highest BCUT2D eigenvalue weighted by Gasteiger charge is 2.52. The maximum atomic E-state index is 5.40. The van der Waals surface area contributed by atoms with Gasteiger partial charge in [0.1, 0.15) is 17.5 Å². The van der Waals surface area contributed by atoms with E-state index < -0.39 is 11.1 Å². The smallest absolute Gasteiger partial charge is 0.165 e. The van der Waals surface area contributed by atoms with Gasteiger partial charge in [0.05, 0.1) is 33.2 Å². The summed E-state index contributed by atoms with van der Waals surface area (Å²) in [7, 11) is 0. The zero-order valence-electron chi connectivity index (χ0n) is 41.9. The number of pyridine rings is 2. The van der Waals surface area contributed by atoms with E-state index in [2.05, 4.69) is 207 Å². The molecular formula is C58H61N11. The Morgan fingerprint density at radius 3 is 0.957 bits per heavy atom. The molecule has 0 saturated heterocycles. The van der Waals surface area contributed by atoms with Crippen molar-refractivity contribution in [1.82, 2.24) is 24.9 Å². The van der Waals surface area contributed by atoms with Gasteiger partial charge in [0.25, 0.3) is 0 Å². The first-order chi connectivity index (χ1) is 32.7. The number of nitrogens with zero attached hydrogens (tertiary/aromatic N) is 11. The molecule has 7 aromatic rings. The Bertz CT molecular complexity index is 2830. The third-order valence-electron chi connectivity index (χ3n) is 15.5. The molecule has 69 heavy (non-hydrogen) atoms. The van der Waals surface area contributed by atoms with E-state index in [1.807, 2.05) is 43.0 Å². The Hall–Kier alpha value is -7.40. The number of anilines is 3. The third kappa shape index (κ3) is 7.50. The van der Waals surface area contributed by atoms with Crippen molar-refractivity contribution in [1.29, 1.82) is 0 Å². The highest BCUT2D eigenvalue weighted by molar-refractivity contribution is 6.15. The zero-order valence-corrected chi connectivity index (χ0v) is 41.9. The van der Waals surface area contributed by atoms with Crippen molar-refractivity contribution in [3.05, 3.63) is 169 Å². The normalized spacial score (nSPS) is 19.3. The summed E-state index contributed by atoms with van der Waals surface area (Å²) in [5.74, 6) is 4.01. The van der Waals surface area contributed by atoms with Crippen molar-refractivity contribution in [3.8, 4) is 34.2 Å². The average Bonchev–Trinajstić information content (AvgIpc) is 3.76. The summed E-state index contributed by atoms with van der Waals surface area (Å²) in [6, 6.07) is 43.9. The van der Waals surface area contributed by atoms with E-state index in [1.165, 1.54) is 0 Å². The molecule has 0 saturated carbocycles. The van der Waals surface area contributed by atoms with E-state index in [0.717, 1.165) is 67.9 Å². The van der Waals surface area contributed by atoms with Crippen LogP contribution in [0.4, 0.5) is 17.1 Å². The van der Waals surface area contributed by atoms with Crippen LogP contribution in [-0.4, -0.2) is 75.7 Å². The van der Waals surface area contributed by atoms with E-state index in [9.17, 15) is 0 Å². The van der Waals surface area contributed by atoms with Gasteiger partial charge in [-0.25, -0.2) is 15.0 Å². The third-order valence-corrected chi connectivity index (χ3v) is 15.5. The van der Waals surface area contributed by atoms with Crippen LogP contribution in [-0.2, 0) is 0 Å². The predicted molar refractivity (Wildman–Crippen MR) is 283 cm³/mol. The molecule has 0 fully saturated rings. The van der Waals surface area contributed by atoms with Crippen molar-refractivity contribution in [2.24, 2.45) is 15.0 Å². The minimum Gasteiger partial charge on any atom is -0.318 e. The lowest BCUT2D eigenvalue weighted by atomic mass is 9.83. The van der Waals surface area contributed by atoms with Crippen LogP contribution >= 0.6 is 0 Å². The molecule has 11 heteroatoms. The number of hydrogen-bond donors (Lipinski definition) is 0. The molecule has 0 atom stereocenters. The molecule has 0 aliphatic carbocycles. The Labute approximate surface area is 406 Å². The second kappa shape index (κ2) is 16.1. The van der Waals surface area contributed by atoms with E-state index in [4.69, 9.17) is 39.9 Å². The Morgan fingerprint density at radius 2 is 0.594 bits per heavy atom. The van der Waals surface area contributed by atoms with Crippen LogP contribution in [0, 0.1) is 0 Å². The van der Waals surface area contributed by atoms with E-state index in [1.54, 1.807) is 0 Å². The Balaban J connectivity index is 1.13. The molecule has 0 spiro atoms. The van der Waals surface area contributed by atoms with Crippen molar-refractivity contribution < 1.29 is 0 Å². The molecule has 4 aromatic carbocycles. The molecule has 3 aliphatic rings. The van der Waals surface area contributed by atoms with Gasteiger partial charge in [0, 0.05) is 75.2 Å². The number of amidine groups is 3.